The molecule has 0 aliphatic heterocycles. The molecule has 0 fully saturated rings. The summed E-state index contributed by atoms with van der Waals surface area (Å²) in [6.45, 7) is 0. The van der Waals surface area contributed by atoms with E-state index >= 15 is 0 Å². The van der Waals surface area contributed by atoms with Crippen molar-refractivity contribution < 1.29 is 0 Å². The quantitative estimate of drug-likeness (QED) is 0.742. The van der Waals surface area contributed by atoms with Crippen molar-refractivity contribution in [3.8, 4) is 0 Å². The Morgan fingerprint density at radius 3 is 2.86 bits per heavy atom. The van der Waals surface area contributed by atoms with Crippen LogP contribution in [0.15, 0.2) is 22.7 Å². The molecule has 2 rings (SSSR count). The van der Waals surface area contributed by atoms with Gasteiger partial charge in [-0.3, -0.25) is 0 Å². The fourth-order valence-corrected chi connectivity index (χ4v) is 2.99. The fraction of sp³-hybridized carbons (Fsp3) is 0.500. The van der Waals surface area contributed by atoms with E-state index in [9.17, 15) is 0 Å². The highest BCUT2D eigenvalue weighted by Gasteiger charge is 2.23. The van der Waals surface area contributed by atoms with Crippen molar-refractivity contribution in [1.82, 2.24) is 4.90 Å². The number of fused-ring (bicyclic) bond motifs is 1. The molecule has 0 saturated heterocycles. The van der Waals surface area contributed by atoms with Crippen LogP contribution in [0, 0.1) is 0 Å². The summed E-state index contributed by atoms with van der Waals surface area (Å²) in [7, 11) is 4.33. The molecule has 1 unspecified atom stereocenters. The summed E-state index contributed by atoms with van der Waals surface area (Å²) >= 11 is 3.66. The molecule has 0 saturated carbocycles. The van der Waals surface area contributed by atoms with Crippen molar-refractivity contribution in [2.24, 2.45) is 0 Å². The number of hydrogen-bond donors (Lipinski definition) is 0. The molecule has 1 aromatic carbocycles. The van der Waals surface area contributed by atoms with Crippen LogP contribution in [0.5, 0.6) is 0 Å². The van der Waals surface area contributed by atoms with Crippen LogP contribution < -0.4 is 0 Å². The first-order chi connectivity index (χ1) is 6.70. The average Bonchev–Trinajstić information content (AvgIpc) is 2.17. The van der Waals surface area contributed by atoms with E-state index in [1.165, 1.54) is 34.9 Å². The van der Waals surface area contributed by atoms with E-state index in [2.05, 4.69) is 53.1 Å². The highest BCUT2D eigenvalue weighted by Crippen LogP contribution is 2.37. The van der Waals surface area contributed by atoms with Crippen molar-refractivity contribution >= 4 is 15.9 Å². The Morgan fingerprint density at radius 1 is 1.36 bits per heavy atom. The second kappa shape index (κ2) is 4.03. The Kier molecular flexibility index (Phi) is 2.93. The fourth-order valence-electron chi connectivity index (χ4n) is 2.32. The topological polar surface area (TPSA) is 3.24 Å². The maximum atomic E-state index is 3.66. The standard InChI is InChI=1S/C12H16BrN/c1-14(2)11-8-4-6-9-5-3-7-10(13)12(9)11/h3,5,7,11H,4,6,8H2,1-2H3. The lowest BCUT2D eigenvalue weighted by atomic mass is 9.87. The van der Waals surface area contributed by atoms with Gasteiger partial charge in [0.2, 0.25) is 0 Å². The molecule has 76 valence electrons. The van der Waals surface area contributed by atoms with Gasteiger partial charge in [-0.25, -0.2) is 0 Å². The summed E-state index contributed by atoms with van der Waals surface area (Å²) in [5, 5.41) is 0. The Balaban J connectivity index is 2.47. The molecule has 14 heavy (non-hydrogen) atoms. The Morgan fingerprint density at radius 2 is 2.14 bits per heavy atom. The van der Waals surface area contributed by atoms with Gasteiger partial charge >= 0.3 is 0 Å². The molecule has 0 aromatic heterocycles. The predicted octanol–water partition coefficient (Wildman–Crippen LogP) is 3.39. The van der Waals surface area contributed by atoms with Crippen molar-refractivity contribution in [1.29, 1.82) is 0 Å². The van der Waals surface area contributed by atoms with Crippen LogP contribution in [0.4, 0.5) is 0 Å². The molecular weight excluding hydrogens is 238 g/mol. The first-order valence-corrected chi connectivity index (χ1v) is 5.93. The van der Waals surface area contributed by atoms with E-state index < -0.39 is 0 Å². The zero-order chi connectivity index (χ0) is 10.1. The number of hydrogen-bond acceptors (Lipinski definition) is 1. The summed E-state index contributed by atoms with van der Waals surface area (Å²) in [5.74, 6) is 0. The summed E-state index contributed by atoms with van der Waals surface area (Å²) in [4.78, 5) is 2.32. The SMILES string of the molecule is CN(C)C1CCCc2cccc(Br)c21. The van der Waals surface area contributed by atoms with Crippen LogP contribution in [-0.2, 0) is 6.42 Å². The first kappa shape index (κ1) is 10.2. The predicted molar refractivity (Wildman–Crippen MR) is 63.5 cm³/mol. The molecule has 1 aliphatic rings. The van der Waals surface area contributed by atoms with Gasteiger partial charge in [0.05, 0.1) is 0 Å². The monoisotopic (exact) mass is 253 g/mol. The van der Waals surface area contributed by atoms with Crippen molar-refractivity contribution in [3.63, 3.8) is 0 Å². The molecule has 0 spiro atoms. The number of rotatable bonds is 1. The van der Waals surface area contributed by atoms with Crippen LogP contribution in [0.2, 0.25) is 0 Å². The van der Waals surface area contributed by atoms with Gasteiger partial charge in [0, 0.05) is 10.5 Å². The minimum Gasteiger partial charge on any atom is -0.302 e. The van der Waals surface area contributed by atoms with Gasteiger partial charge in [-0.15, -0.1) is 0 Å². The van der Waals surface area contributed by atoms with E-state index in [0.717, 1.165) is 0 Å². The Labute approximate surface area is 94.2 Å². The third kappa shape index (κ3) is 1.73. The summed E-state index contributed by atoms with van der Waals surface area (Å²) in [6, 6.07) is 7.14. The van der Waals surface area contributed by atoms with Crippen LogP contribution in [0.25, 0.3) is 0 Å². The Bertz CT molecular complexity index is 333. The van der Waals surface area contributed by atoms with Crippen LogP contribution in [0.1, 0.15) is 30.0 Å². The van der Waals surface area contributed by atoms with Gasteiger partial charge in [0.25, 0.3) is 0 Å². The summed E-state index contributed by atoms with van der Waals surface area (Å²) < 4.78 is 1.27. The molecule has 1 atom stereocenters. The molecule has 0 radical (unpaired) electrons. The van der Waals surface area contributed by atoms with Crippen molar-refractivity contribution in [3.05, 3.63) is 33.8 Å². The zero-order valence-corrected chi connectivity index (χ0v) is 10.3. The second-order valence-electron chi connectivity index (χ2n) is 4.18. The van der Waals surface area contributed by atoms with Gasteiger partial charge in [-0.2, -0.15) is 0 Å². The molecule has 2 heteroatoms. The zero-order valence-electron chi connectivity index (χ0n) is 8.76. The van der Waals surface area contributed by atoms with Gasteiger partial charge < -0.3 is 4.90 Å². The van der Waals surface area contributed by atoms with E-state index in [1.807, 2.05) is 0 Å². The molecule has 0 heterocycles. The summed E-state index contributed by atoms with van der Waals surface area (Å²) in [5.41, 5.74) is 3.02. The normalized spacial score (nSPS) is 21.0. The molecule has 1 aliphatic carbocycles. The smallest absolute Gasteiger partial charge is 0.0356 e. The van der Waals surface area contributed by atoms with Gasteiger partial charge in [0.15, 0.2) is 0 Å². The maximum Gasteiger partial charge on any atom is 0.0356 e. The van der Waals surface area contributed by atoms with Crippen LogP contribution in [-0.4, -0.2) is 19.0 Å². The largest absolute Gasteiger partial charge is 0.302 e. The average molecular weight is 254 g/mol. The minimum atomic E-state index is 0.592. The third-order valence-electron chi connectivity index (χ3n) is 3.02. The Hall–Kier alpha value is -0.340. The van der Waals surface area contributed by atoms with Crippen molar-refractivity contribution in [2.75, 3.05) is 14.1 Å². The van der Waals surface area contributed by atoms with E-state index in [4.69, 9.17) is 0 Å². The van der Waals surface area contributed by atoms with Gasteiger partial charge in [0.1, 0.15) is 0 Å². The number of benzene rings is 1. The van der Waals surface area contributed by atoms with Crippen LogP contribution in [0.3, 0.4) is 0 Å². The lowest BCUT2D eigenvalue weighted by molar-refractivity contribution is 0.267. The number of nitrogens with zero attached hydrogens (tertiary/aromatic N) is 1. The molecule has 1 aromatic rings. The lowest BCUT2D eigenvalue weighted by Crippen LogP contribution is -2.24. The van der Waals surface area contributed by atoms with Crippen LogP contribution >= 0.6 is 15.9 Å². The highest BCUT2D eigenvalue weighted by molar-refractivity contribution is 9.10. The van der Waals surface area contributed by atoms with Gasteiger partial charge in [-0.05, 0) is 50.6 Å². The van der Waals surface area contributed by atoms with Gasteiger partial charge in [-0.1, -0.05) is 28.1 Å². The molecule has 1 nitrogen and oxygen atoms in total. The van der Waals surface area contributed by atoms with E-state index in [0.29, 0.717) is 6.04 Å². The summed E-state index contributed by atoms with van der Waals surface area (Å²) in [6.07, 6.45) is 3.83. The first-order valence-electron chi connectivity index (χ1n) is 5.14. The minimum absolute atomic E-state index is 0.592. The highest BCUT2D eigenvalue weighted by atomic mass is 79.9. The second-order valence-corrected chi connectivity index (χ2v) is 5.04. The lowest BCUT2D eigenvalue weighted by Gasteiger charge is -2.31. The third-order valence-corrected chi connectivity index (χ3v) is 3.71. The molecule has 0 N–H and O–H groups in total. The molecular formula is C12H16BrN. The molecule has 0 bridgehead atoms. The van der Waals surface area contributed by atoms with E-state index in [1.54, 1.807) is 0 Å². The number of aryl methyl sites for hydroxylation is 1. The molecule has 0 amide bonds. The van der Waals surface area contributed by atoms with E-state index in [-0.39, 0.29) is 0 Å². The van der Waals surface area contributed by atoms with Crippen molar-refractivity contribution in [2.45, 2.75) is 25.3 Å². The maximum absolute atomic E-state index is 3.66. The number of halogens is 1.